The van der Waals surface area contributed by atoms with Gasteiger partial charge in [0.1, 0.15) is 0 Å². The van der Waals surface area contributed by atoms with Crippen molar-refractivity contribution in [2.45, 2.75) is 48.4 Å². The van der Waals surface area contributed by atoms with Gasteiger partial charge in [-0.3, -0.25) is 0 Å². The Kier molecular flexibility index (Phi) is 7.73. The predicted octanol–water partition coefficient (Wildman–Crippen LogP) is 4.66. The standard InChI is InChI=1S/C6H6O.2C4H9.Sn/c7-6-4-2-1-3-5-6;2*1-3-4-2;/h1-5,7H;2*1,3-4H2,2H3;/q;;;+1/p-1. The van der Waals surface area contributed by atoms with E-state index in [-0.39, 0.29) is 0 Å². The zero-order chi connectivity index (χ0) is 11.6. The number of rotatable bonds is 8. The van der Waals surface area contributed by atoms with Gasteiger partial charge in [-0.2, -0.15) is 0 Å². The second-order valence-electron chi connectivity index (χ2n) is 4.16. The third-order valence-corrected chi connectivity index (χ3v) is 9.32. The fourth-order valence-corrected chi connectivity index (χ4v) is 8.54. The van der Waals surface area contributed by atoms with Crippen LogP contribution in [0.2, 0.25) is 8.87 Å². The van der Waals surface area contributed by atoms with Gasteiger partial charge < -0.3 is 0 Å². The van der Waals surface area contributed by atoms with Crippen LogP contribution in [-0.4, -0.2) is 20.2 Å². The van der Waals surface area contributed by atoms with Crippen LogP contribution in [0.15, 0.2) is 30.3 Å². The van der Waals surface area contributed by atoms with Gasteiger partial charge in [-0.15, -0.1) is 0 Å². The topological polar surface area (TPSA) is 9.23 Å². The van der Waals surface area contributed by atoms with Crippen LogP contribution in [0.25, 0.3) is 0 Å². The zero-order valence-corrected chi connectivity index (χ0v) is 13.4. The summed E-state index contributed by atoms with van der Waals surface area (Å²) in [7, 11) is 0. The molecule has 1 nitrogen and oxygen atoms in total. The van der Waals surface area contributed by atoms with Gasteiger partial charge in [-0.1, -0.05) is 0 Å². The quantitative estimate of drug-likeness (QED) is 0.632. The molecule has 1 aromatic rings. The third-order valence-electron chi connectivity index (χ3n) is 2.62. The molecule has 1 aromatic carbocycles. The fourth-order valence-electron chi connectivity index (χ4n) is 1.63. The Bertz CT molecular complexity index is 253. The molecule has 0 amide bonds. The Balaban J connectivity index is 2.42. The minimum absolute atomic E-state index is 1.10. The number of benzene rings is 1. The molecule has 0 bridgehead atoms. The van der Waals surface area contributed by atoms with E-state index in [1.54, 1.807) is 0 Å². The molecule has 0 N–H and O–H groups in total. The van der Waals surface area contributed by atoms with Crippen LogP contribution in [0.5, 0.6) is 5.75 Å². The van der Waals surface area contributed by atoms with E-state index in [0.29, 0.717) is 0 Å². The van der Waals surface area contributed by atoms with Crippen LogP contribution in [0, 0.1) is 0 Å². The van der Waals surface area contributed by atoms with Crippen molar-refractivity contribution >= 4 is 20.2 Å². The van der Waals surface area contributed by atoms with Gasteiger partial charge in [0.25, 0.3) is 0 Å². The Labute approximate surface area is 107 Å². The molecule has 1 radical (unpaired) electrons. The zero-order valence-electron chi connectivity index (χ0n) is 10.5. The van der Waals surface area contributed by atoms with E-state index in [2.05, 4.69) is 38.1 Å². The normalized spacial score (nSPS) is 10.7. The maximum absolute atomic E-state index is 6.22. The number of para-hydroxylation sites is 1. The monoisotopic (exact) mass is 327 g/mol. The summed E-state index contributed by atoms with van der Waals surface area (Å²) in [6.07, 6.45) is 5.30. The molecule has 1 rings (SSSR count). The Morgan fingerprint density at radius 3 is 2.00 bits per heavy atom. The molecular formula is C14H23OSn. The first-order chi connectivity index (χ1) is 7.86. The molecule has 0 aromatic heterocycles. The van der Waals surface area contributed by atoms with E-state index in [4.69, 9.17) is 3.07 Å². The molecule has 0 aliphatic rings. The van der Waals surface area contributed by atoms with Crippen LogP contribution in [0.4, 0.5) is 0 Å². The molecule has 0 fully saturated rings. The number of unbranched alkanes of at least 4 members (excludes halogenated alkanes) is 2. The second kappa shape index (κ2) is 8.91. The summed E-state index contributed by atoms with van der Waals surface area (Å²) >= 11 is -1.58. The van der Waals surface area contributed by atoms with Crippen LogP contribution >= 0.6 is 0 Å². The molecule has 89 valence electrons. The summed E-state index contributed by atoms with van der Waals surface area (Å²) < 4.78 is 8.98. The second-order valence-corrected chi connectivity index (χ2v) is 10.7. The van der Waals surface area contributed by atoms with Crippen molar-refractivity contribution in [3.63, 3.8) is 0 Å². The molecule has 0 saturated heterocycles. The van der Waals surface area contributed by atoms with E-state index in [0.717, 1.165) is 5.75 Å². The summed E-state index contributed by atoms with van der Waals surface area (Å²) in [4.78, 5) is 0. The fraction of sp³-hybridized carbons (Fsp3) is 0.571. The van der Waals surface area contributed by atoms with Gasteiger partial charge in [0, 0.05) is 0 Å². The minimum atomic E-state index is -1.58. The Hall–Kier alpha value is -0.181. The van der Waals surface area contributed by atoms with E-state index < -0.39 is 20.2 Å². The third kappa shape index (κ3) is 5.78. The molecule has 0 aliphatic heterocycles. The van der Waals surface area contributed by atoms with Crippen molar-refractivity contribution in [2.75, 3.05) is 0 Å². The van der Waals surface area contributed by atoms with Crippen LogP contribution in [0.3, 0.4) is 0 Å². The molecule has 0 saturated carbocycles. The van der Waals surface area contributed by atoms with Gasteiger partial charge in [0.2, 0.25) is 0 Å². The molecule has 0 unspecified atom stereocenters. The van der Waals surface area contributed by atoms with Crippen molar-refractivity contribution in [3.8, 4) is 5.75 Å². The number of hydrogen-bond acceptors (Lipinski definition) is 1. The van der Waals surface area contributed by atoms with Crippen LogP contribution in [0.1, 0.15) is 39.5 Å². The van der Waals surface area contributed by atoms with Crippen molar-refractivity contribution in [2.24, 2.45) is 0 Å². The first-order valence-electron chi connectivity index (χ1n) is 6.44. The average Bonchev–Trinajstić information content (AvgIpc) is 2.34. The Morgan fingerprint density at radius 2 is 1.50 bits per heavy atom. The molecule has 0 heterocycles. The maximum atomic E-state index is 6.22. The van der Waals surface area contributed by atoms with E-state index in [1.165, 1.54) is 34.6 Å². The first kappa shape index (κ1) is 13.9. The molecule has 0 spiro atoms. The summed E-state index contributed by atoms with van der Waals surface area (Å²) in [6.45, 7) is 4.53. The molecule has 2 heteroatoms. The van der Waals surface area contributed by atoms with Crippen molar-refractivity contribution in [3.05, 3.63) is 30.3 Å². The van der Waals surface area contributed by atoms with Gasteiger partial charge in [0.05, 0.1) is 0 Å². The van der Waals surface area contributed by atoms with Gasteiger partial charge >= 0.3 is 108 Å². The summed E-state index contributed by atoms with van der Waals surface area (Å²) in [5.74, 6) is 1.10. The molecule has 0 aliphatic carbocycles. The average molecular weight is 326 g/mol. The van der Waals surface area contributed by atoms with E-state index in [9.17, 15) is 0 Å². The van der Waals surface area contributed by atoms with Gasteiger partial charge in [0.15, 0.2) is 0 Å². The van der Waals surface area contributed by atoms with Gasteiger partial charge in [-0.25, -0.2) is 0 Å². The number of hydrogen-bond donors (Lipinski definition) is 0. The Morgan fingerprint density at radius 1 is 0.938 bits per heavy atom. The van der Waals surface area contributed by atoms with Crippen molar-refractivity contribution < 1.29 is 3.07 Å². The molecular weight excluding hydrogens is 303 g/mol. The molecule has 16 heavy (non-hydrogen) atoms. The van der Waals surface area contributed by atoms with Gasteiger partial charge in [-0.05, 0) is 0 Å². The summed E-state index contributed by atoms with van der Waals surface area (Å²) in [5, 5.41) is 0. The van der Waals surface area contributed by atoms with Crippen molar-refractivity contribution in [1.82, 2.24) is 0 Å². The summed E-state index contributed by atoms with van der Waals surface area (Å²) in [5.41, 5.74) is 0. The molecule has 0 atom stereocenters. The van der Waals surface area contributed by atoms with Crippen LogP contribution < -0.4 is 3.07 Å². The SMILES string of the molecule is CCC[CH2][Sn]([CH2]CCC)[O]c1ccccc1. The summed E-state index contributed by atoms with van der Waals surface area (Å²) in [6, 6.07) is 10.4. The van der Waals surface area contributed by atoms with E-state index >= 15 is 0 Å². The first-order valence-corrected chi connectivity index (χ1v) is 11.6. The van der Waals surface area contributed by atoms with E-state index in [1.807, 2.05) is 6.07 Å². The predicted molar refractivity (Wildman–Crippen MR) is 72.3 cm³/mol. The van der Waals surface area contributed by atoms with Crippen LogP contribution in [-0.2, 0) is 0 Å². The van der Waals surface area contributed by atoms with Crippen molar-refractivity contribution in [1.29, 1.82) is 0 Å².